The first kappa shape index (κ1) is 97.5. The summed E-state index contributed by atoms with van der Waals surface area (Å²) in [4.78, 5) is 72.9. The van der Waals surface area contributed by atoms with Crippen molar-refractivity contribution in [2.24, 2.45) is 5.92 Å². The van der Waals surface area contributed by atoms with Crippen LogP contribution in [0.15, 0.2) is 24.3 Å². The van der Waals surface area contributed by atoms with Gasteiger partial charge in [0.1, 0.15) is 19.3 Å². The molecule has 0 spiro atoms. The first-order chi connectivity index (χ1) is 48.5. The number of carbonyl (C=O) groups is 4. The Bertz CT molecular complexity index is 2000. The van der Waals surface area contributed by atoms with Crippen LogP contribution in [0.2, 0.25) is 0 Å². The molecule has 0 saturated carbocycles. The molecule has 100 heavy (non-hydrogen) atoms. The van der Waals surface area contributed by atoms with Crippen LogP contribution in [0.25, 0.3) is 0 Å². The first-order valence-corrected chi connectivity index (χ1v) is 44.4. The normalized spacial score (nSPS) is 14.0. The summed E-state index contributed by atoms with van der Waals surface area (Å²) in [7, 11) is -9.93. The van der Waals surface area contributed by atoms with E-state index in [1.54, 1.807) is 0 Å². The zero-order chi connectivity index (χ0) is 73.4. The Balaban J connectivity index is 5.25. The maximum atomic E-state index is 13.1. The number of aliphatic hydroxyl groups excluding tert-OH is 1. The molecule has 590 valence electrons. The number of rotatable bonds is 79. The van der Waals surface area contributed by atoms with E-state index in [-0.39, 0.29) is 25.7 Å². The second-order valence-corrected chi connectivity index (χ2v) is 31.9. The van der Waals surface area contributed by atoms with Crippen LogP contribution in [-0.2, 0) is 65.4 Å². The fourth-order valence-corrected chi connectivity index (χ4v) is 13.6. The molecule has 0 aliphatic heterocycles. The van der Waals surface area contributed by atoms with Gasteiger partial charge in [-0.3, -0.25) is 37.3 Å². The molecule has 17 nitrogen and oxygen atoms in total. The highest BCUT2D eigenvalue weighted by Gasteiger charge is 2.30. The molecular weight excluding hydrogens is 1310 g/mol. The van der Waals surface area contributed by atoms with Crippen molar-refractivity contribution in [3.8, 4) is 0 Å². The molecule has 0 bridgehead atoms. The number of hydrogen-bond donors (Lipinski definition) is 3. The van der Waals surface area contributed by atoms with Crippen molar-refractivity contribution in [3.63, 3.8) is 0 Å². The molecule has 19 heteroatoms. The van der Waals surface area contributed by atoms with Crippen LogP contribution in [0.5, 0.6) is 0 Å². The van der Waals surface area contributed by atoms with E-state index in [0.717, 1.165) is 109 Å². The quantitative estimate of drug-likeness (QED) is 0.0169. The van der Waals surface area contributed by atoms with Crippen molar-refractivity contribution >= 4 is 39.5 Å². The van der Waals surface area contributed by atoms with Crippen LogP contribution in [-0.4, -0.2) is 96.7 Å². The number of carbonyl (C=O) groups excluding carboxylic acids is 4. The largest absolute Gasteiger partial charge is 0.472 e. The molecule has 0 radical (unpaired) electrons. The van der Waals surface area contributed by atoms with Crippen molar-refractivity contribution in [2.75, 3.05) is 39.6 Å². The van der Waals surface area contributed by atoms with Gasteiger partial charge in [-0.1, -0.05) is 354 Å². The number of unbranched alkanes of at least 4 members (excludes halogenated alkanes) is 48. The van der Waals surface area contributed by atoms with Crippen LogP contribution in [0.3, 0.4) is 0 Å². The number of aliphatic hydroxyl groups is 1. The molecule has 0 heterocycles. The van der Waals surface area contributed by atoms with Crippen molar-refractivity contribution in [1.82, 2.24) is 0 Å². The van der Waals surface area contributed by atoms with Gasteiger partial charge in [-0.25, -0.2) is 9.13 Å². The second-order valence-electron chi connectivity index (χ2n) is 29.0. The molecule has 0 aliphatic carbocycles. The molecule has 0 aliphatic rings. The van der Waals surface area contributed by atoms with Gasteiger partial charge in [0.15, 0.2) is 12.2 Å². The van der Waals surface area contributed by atoms with Gasteiger partial charge in [-0.05, 0) is 57.3 Å². The highest BCUT2D eigenvalue weighted by Crippen LogP contribution is 2.45. The van der Waals surface area contributed by atoms with Gasteiger partial charge in [0.25, 0.3) is 0 Å². The van der Waals surface area contributed by atoms with E-state index in [0.29, 0.717) is 25.7 Å². The molecule has 3 N–H and O–H groups in total. The molecule has 5 atom stereocenters. The number of esters is 4. The number of allylic oxidation sites excluding steroid dienone is 4. The minimum Gasteiger partial charge on any atom is -0.462 e. The van der Waals surface area contributed by atoms with E-state index in [9.17, 15) is 43.2 Å². The monoisotopic (exact) mass is 1460 g/mol. The zero-order valence-corrected chi connectivity index (χ0v) is 66.6. The van der Waals surface area contributed by atoms with Gasteiger partial charge >= 0.3 is 39.5 Å². The molecule has 0 fully saturated rings. The fraction of sp³-hybridized carbons (Fsp3) is 0.901. The topological polar surface area (TPSA) is 237 Å². The lowest BCUT2D eigenvalue weighted by molar-refractivity contribution is -0.161. The van der Waals surface area contributed by atoms with Gasteiger partial charge in [0.2, 0.25) is 0 Å². The lowest BCUT2D eigenvalue weighted by Crippen LogP contribution is -2.30. The van der Waals surface area contributed by atoms with Crippen molar-refractivity contribution < 1.29 is 80.2 Å². The van der Waals surface area contributed by atoms with Crippen molar-refractivity contribution in [1.29, 1.82) is 0 Å². The lowest BCUT2D eigenvalue weighted by atomic mass is 10.0. The molecule has 0 rings (SSSR count). The molecule has 0 aromatic rings. The Labute approximate surface area is 612 Å². The maximum absolute atomic E-state index is 13.1. The van der Waals surface area contributed by atoms with Crippen LogP contribution < -0.4 is 0 Å². The SMILES string of the molecule is CCCCCC/C=C\C=C/CCCCCCCC(=O)O[C@H](COC(=O)CCCCCCCCCCC)COP(=O)(O)OC[C@H](O)COP(=O)(O)OC[C@@H](COC(=O)CCCCCCCCCCCCCCCC(C)C)OC(=O)CCCCCCCCCCCCCCCCCCCCCC. The second kappa shape index (κ2) is 73.4. The smallest absolute Gasteiger partial charge is 0.462 e. The summed E-state index contributed by atoms with van der Waals surface area (Å²) in [5.41, 5.74) is 0. The molecule has 0 aromatic carbocycles. The van der Waals surface area contributed by atoms with E-state index in [2.05, 4.69) is 58.9 Å². The van der Waals surface area contributed by atoms with Crippen LogP contribution in [0, 0.1) is 5.92 Å². The van der Waals surface area contributed by atoms with Gasteiger partial charge in [-0.2, -0.15) is 0 Å². The molecule has 0 saturated heterocycles. The predicted molar refractivity (Wildman–Crippen MR) is 409 cm³/mol. The average molecular weight is 1460 g/mol. The number of hydrogen-bond acceptors (Lipinski definition) is 15. The van der Waals surface area contributed by atoms with E-state index >= 15 is 0 Å². The van der Waals surface area contributed by atoms with Gasteiger partial charge in [-0.15, -0.1) is 0 Å². The Morgan fingerprint density at radius 1 is 0.310 bits per heavy atom. The van der Waals surface area contributed by atoms with Crippen LogP contribution in [0.1, 0.15) is 407 Å². The third-order valence-corrected chi connectivity index (χ3v) is 20.3. The van der Waals surface area contributed by atoms with E-state index < -0.39 is 97.5 Å². The Hall–Kier alpha value is -2.46. The summed E-state index contributed by atoms with van der Waals surface area (Å²) in [6.45, 7) is 7.26. The molecule has 0 aromatic heterocycles. The van der Waals surface area contributed by atoms with Crippen LogP contribution >= 0.6 is 15.6 Å². The summed E-state index contributed by atoms with van der Waals surface area (Å²) < 4.78 is 68.6. The highest BCUT2D eigenvalue weighted by molar-refractivity contribution is 7.47. The Morgan fingerprint density at radius 3 is 0.820 bits per heavy atom. The summed E-state index contributed by atoms with van der Waals surface area (Å²) in [5.74, 6) is -1.35. The van der Waals surface area contributed by atoms with E-state index in [1.807, 2.05) is 0 Å². The number of ether oxygens (including phenoxy) is 4. The first-order valence-electron chi connectivity index (χ1n) is 41.5. The summed E-state index contributed by atoms with van der Waals surface area (Å²) in [6.07, 6.45) is 67.4. The third-order valence-electron chi connectivity index (χ3n) is 18.4. The predicted octanol–water partition coefficient (Wildman–Crippen LogP) is 24.0. The minimum atomic E-state index is -4.97. The number of phosphoric ester groups is 2. The third kappa shape index (κ3) is 73.8. The fourth-order valence-electron chi connectivity index (χ4n) is 12.0. The van der Waals surface area contributed by atoms with Gasteiger partial charge < -0.3 is 33.8 Å². The summed E-state index contributed by atoms with van der Waals surface area (Å²) in [5, 5.41) is 10.6. The van der Waals surface area contributed by atoms with Gasteiger partial charge in [0.05, 0.1) is 26.4 Å². The molecule has 0 amide bonds. The van der Waals surface area contributed by atoms with Crippen molar-refractivity contribution in [3.05, 3.63) is 24.3 Å². The van der Waals surface area contributed by atoms with Crippen molar-refractivity contribution in [2.45, 2.75) is 425 Å². The highest BCUT2D eigenvalue weighted by atomic mass is 31.2. The van der Waals surface area contributed by atoms with E-state index in [1.165, 1.54) is 218 Å². The van der Waals surface area contributed by atoms with Gasteiger partial charge in [0, 0.05) is 25.7 Å². The minimum absolute atomic E-state index is 0.0854. The zero-order valence-electron chi connectivity index (χ0n) is 64.8. The molecule has 2 unspecified atom stereocenters. The summed E-state index contributed by atoms with van der Waals surface area (Å²) >= 11 is 0. The maximum Gasteiger partial charge on any atom is 0.472 e. The lowest BCUT2D eigenvalue weighted by Gasteiger charge is -2.21. The average Bonchev–Trinajstić information content (AvgIpc) is 0.980. The standard InChI is InChI=1S/C81H154O17P2/c1-6-9-12-15-18-21-23-25-27-28-29-30-31-33-37-42-47-52-57-62-67-81(86)98-77(71-92-79(84)65-60-55-50-45-40-38-34-35-39-44-48-53-58-63-74(4)5)73-96-100(89,90)94-69-75(82)68-93-99(87,88)95-72-76(70-91-78(83)64-59-54-49-43-20-17-14-11-8-3)97-80(85)66-61-56-51-46-41-36-32-26-24-22-19-16-13-10-7-2/h22,24,26,32,74-77,82H,6-21,23,25,27-31,33-73H2,1-5H3,(H,87,88)(H,89,90)/b24-22-,32-26-/t75-,76+,77+/m0/s1. The van der Waals surface area contributed by atoms with Crippen LogP contribution in [0.4, 0.5) is 0 Å². The number of phosphoric acid groups is 2. The van der Waals surface area contributed by atoms with E-state index in [4.69, 9.17) is 37.0 Å². The Morgan fingerprint density at radius 2 is 0.540 bits per heavy atom. The summed E-state index contributed by atoms with van der Waals surface area (Å²) in [6, 6.07) is 0. The molecular formula is C81H154O17P2. The Kier molecular flexibility index (Phi) is 71.6.